The third-order valence-corrected chi connectivity index (χ3v) is 2.51. The summed E-state index contributed by atoms with van der Waals surface area (Å²) < 4.78 is 0. The van der Waals surface area contributed by atoms with Crippen LogP contribution in [0, 0.1) is 12.3 Å². The third kappa shape index (κ3) is 2.42. The highest BCUT2D eigenvalue weighted by Crippen LogP contribution is 2.32. The first-order chi connectivity index (χ1) is 6.47. The average Bonchev–Trinajstić information content (AvgIpc) is 2.02. The van der Waals surface area contributed by atoms with Crippen molar-refractivity contribution < 1.29 is 5.11 Å². The van der Waals surface area contributed by atoms with Gasteiger partial charge in [-0.25, -0.2) is 0 Å². The minimum Gasteiger partial charge on any atom is -0.384 e. The van der Waals surface area contributed by atoms with Crippen LogP contribution >= 0.6 is 23.2 Å². The molecule has 0 bridgehead atoms. The van der Waals surface area contributed by atoms with Gasteiger partial charge in [0.05, 0.1) is 5.60 Å². The van der Waals surface area contributed by atoms with Crippen molar-refractivity contribution in [2.75, 3.05) is 0 Å². The van der Waals surface area contributed by atoms with Crippen LogP contribution in [-0.2, 0) is 5.60 Å². The van der Waals surface area contributed by atoms with Crippen molar-refractivity contribution in [2.24, 2.45) is 0 Å². The molecule has 0 aliphatic carbocycles. The quantitative estimate of drug-likeness (QED) is 0.772. The van der Waals surface area contributed by atoms with Crippen LogP contribution in [-0.4, -0.2) is 5.11 Å². The fraction of sp³-hybridized carbons (Fsp3) is 0.273. The van der Waals surface area contributed by atoms with E-state index < -0.39 is 5.60 Å². The summed E-state index contributed by atoms with van der Waals surface area (Å²) >= 11 is 11.7. The fourth-order valence-corrected chi connectivity index (χ4v) is 1.83. The molecule has 0 fully saturated rings. The van der Waals surface area contributed by atoms with Gasteiger partial charge in [0, 0.05) is 22.0 Å². The number of hydrogen-bond acceptors (Lipinski definition) is 1. The van der Waals surface area contributed by atoms with Crippen LogP contribution in [0.25, 0.3) is 0 Å². The molecule has 0 aromatic heterocycles. The van der Waals surface area contributed by atoms with E-state index in [-0.39, 0.29) is 6.42 Å². The maximum Gasteiger partial charge on any atom is 0.0991 e. The van der Waals surface area contributed by atoms with E-state index in [9.17, 15) is 5.11 Å². The van der Waals surface area contributed by atoms with Crippen LogP contribution in [0.5, 0.6) is 0 Å². The molecule has 1 aromatic carbocycles. The van der Waals surface area contributed by atoms with Gasteiger partial charge in [-0.1, -0.05) is 29.3 Å². The van der Waals surface area contributed by atoms with Crippen molar-refractivity contribution in [3.63, 3.8) is 0 Å². The Bertz CT molecular complexity index is 377. The van der Waals surface area contributed by atoms with Crippen LogP contribution in [0.15, 0.2) is 18.2 Å². The van der Waals surface area contributed by atoms with Crippen molar-refractivity contribution in [2.45, 2.75) is 18.9 Å². The Morgan fingerprint density at radius 2 is 2.14 bits per heavy atom. The third-order valence-electron chi connectivity index (χ3n) is 1.96. The van der Waals surface area contributed by atoms with Crippen LogP contribution in [0.2, 0.25) is 10.0 Å². The van der Waals surface area contributed by atoms with Crippen molar-refractivity contribution in [3.05, 3.63) is 33.8 Å². The first-order valence-electron chi connectivity index (χ1n) is 4.09. The minimum absolute atomic E-state index is 0.217. The molecule has 0 heterocycles. The van der Waals surface area contributed by atoms with E-state index in [0.717, 1.165) is 0 Å². The van der Waals surface area contributed by atoms with Crippen LogP contribution < -0.4 is 0 Å². The first kappa shape index (κ1) is 11.4. The number of aliphatic hydroxyl groups is 1. The summed E-state index contributed by atoms with van der Waals surface area (Å²) in [7, 11) is 0. The summed E-state index contributed by atoms with van der Waals surface area (Å²) in [5.74, 6) is 2.41. The molecule has 74 valence electrons. The molecule has 0 aliphatic heterocycles. The molecule has 0 radical (unpaired) electrons. The SMILES string of the molecule is C#CC[C@@](C)(O)c1ccc(Cl)cc1Cl. The first-order valence-corrected chi connectivity index (χ1v) is 4.84. The second-order valence-electron chi connectivity index (χ2n) is 3.28. The highest BCUT2D eigenvalue weighted by atomic mass is 35.5. The highest BCUT2D eigenvalue weighted by molar-refractivity contribution is 6.35. The van der Waals surface area contributed by atoms with Gasteiger partial charge in [0.2, 0.25) is 0 Å². The van der Waals surface area contributed by atoms with E-state index in [1.807, 2.05) is 0 Å². The molecule has 1 N–H and O–H groups in total. The summed E-state index contributed by atoms with van der Waals surface area (Å²) in [6.07, 6.45) is 5.37. The molecule has 1 atom stereocenters. The molecule has 0 saturated heterocycles. The van der Waals surface area contributed by atoms with Gasteiger partial charge < -0.3 is 5.11 Å². The van der Waals surface area contributed by atoms with E-state index in [1.165, 1.54) is 0 Å². The molecule has 0 aliphatic rings. The second kappa shape index (κ2) is 4.23. The molecule has 0 spiro atoms. The second-order valence-corrected chi connectivity index (χ2v) is 4.12. The number of hydrogen-bond donors (Lipinski definition) is 1. The molecule has 0 amide bonds. The lowest BCUT2D eigenvalue weighted by atomic mass is 9.93. The summed E-state index contributed by atoms with van der Waals surface area (Å²) in [5.41, 5.74) is -0.502. The van der Waals surface area contributed by atoms with E-state index in [4.69, 9.17) is 29.6 Å². The average molecular weight is 229 g/mol. The van der Waals surface area contributed by atoms with Crippen LogP contribution in [0.4, 0.5) is 0 Å². The molecular formula is C11H10Cl2O. The van der Waals surface area contributed by atoms with Gasteiger partial charge in [-0.2, -0.15) is 0 Å². The number of halogens is 2. The molecule has 14 heavy (non-hydrogen) atoms. The largest absolute Gasteiger partial charge is 0.384 e. The van der Waals surface area contributed by atoms with Gasteiger partial charge in [0.25, 0.3) is 0 Å². The number of benzene rings is 1. The predicted octanol–water partition coefficient (Wildman–Crippen LogP) is 3.22. The van der Waals surface area contributed by atoms with Gasteiger partial charge in [0.15, 0.2) is 0 Å². The monoisotopic (exact) mass is 228 g/mol. The van der Waals surface area contributed by atoms with Gasteiger partial charge >= 0.3 is 0 Å². The zero-order chi connectivity index (χ0) is 10.8. The highest BCUT2D eigenvalue weighted by Gasteiger charge is 2.24. The maximum atomic E-state index is 9.99. The number of rotatable bonds is 2. The van der Waals surface area contributed by atoms with E-state index >= 15 is 0 Å². The summed E-state index contributed by atoms with van der Waals surface area (Å²) in [6, 6.07) is 4.94. The minimum atomic E-state index is -1.10. The Labute approximate surface area is 93.7 Å². The number of terminal acetylenes is 1. The molecule has 3 heteroatoms. The lowest BCUT2D eigenvalue weighted by Crippen LogP contribution is -2.20. The van der Waals surface area contributed by atoms with Gasteiger partial charge in [-0.05, 0) is 19.1 Å². The lowest BCUT2D eigenvalue weighted by Gasteiger charge is -2.22. The Morgan fingerprint density at radius 1 is 1.50 bits per heavy atom. The smallest absolute Gasteiger partial charge is 0.0991 e. The zero-order valence-corrected chi connectivity index (χ0v) is 9.23. The topological polar surface area (TPSA) is 20.2 Å². The lowest BCUT2D eigenvalue weighted by molar-refractivity contribution is 0.0631. The van der Waals surface area contributed by atoms with Crippen molar-refractivity contribution >= 4 is 23.2 Å². The standard InChI is InChI=1S/C11H10Cl2O/c1-3-6-11(2,14)9-5-4-8(12)7-10(9)13/h1,4-5,7,14H,6H2,2H3/t11-/m1/s1. The summed E-state index contributed by atoms with van der Waals surface area (Å²) in [5, 5.41) is 11.0. The van der Waals surface area contributed by atoms with Gasteiger partial charge in [-0.3, -0.25) is 0 Å². The summed E-state index contributed by atoms with van der Waals surface area (Å²) in [6.45, 7) is 1.63. The van der Waals surface area contributed by atoms with Crippen molar-refractivity contribution in [3.8, 4) is 12.3 Å². The normalized spacial score (nSPS) is 14.5. The van der Waals surface area contributed by atoms with E-state index in [2.05, 4.69) is 5.92 Å². The van der Waals surface area contributed by atoms with E-state index in [1.54, 1.807) is 25.1 Å². The van der Waals surface area contributed by atoms with Crippen LogP contribution in [0.1, 0.15) is 18.9 Å². The Hall–Kier alpha value is -0.680. The molecule has 1 rings (SSSR count). The van der Waals surface area contributed by atoms with Crippen molar-refractivity contribution in [1.82, 2.24) is 0 Å². The molecule has 0 unspecified atom stereocenters. The Morgan fingerprint density at radius 3 is 2.64 bits per heavy atom. The maximum absolute atomic E-state index is 9.99. The molecule has 1 nitrogen and oxygen atoms in total. The van der Waals surface area contributed by atoms with Gasteiger partial charge in [0.1, 0.15) is 0 Å². The summed E-state index contributed by atoms with van der Waals surface area (Å²) in [4.78, 5) is 0. The molecule has 0 saturated carbocycles. The Kier molecular flexibility index (Phi) is 3.44. The zero-order valence-electron chi connectivity index (χ0n) is 7.72. The van der Waals surface area contributed by atoms with E-state index in [0.29, 0.717) is 15.6 Å². The van der Waals surface area contributed by atoms with Crippen LogP contribution in [0.3, 0.4) is 0 Å². The van der Waals surface area contributed by atoms with Crippen molar-refractivity contribution in [1.29, 1.82) is 0 Å². The Balaban J connectivity index is 3.14. The predicted molar refractivity (Wildman–Crippen MR) is 59.5 cm³/mol. The fourth-order valence-electron chi connectivity index (χ4n) is 1.22. The molecule has 1 aromatic rings. The molecular weight excluding hydrogens is 219 g/mol. The van der Waals surface area contributed by atoms with Gasteiger partial charge in [-0.15, -0.1) is 12.3 Å².